The van der Waals surface area contributed by atoms with Crippen LogP contribution in [0.5, 0.6) is 0 Å². The smallest absolute Gasteiger partial charge is 0.219 e. The predicted octanol–water partition coefficient (Wildman–Crippen LogP) is 4.78. The Labute approximate surface area is 192 Å². The minimum absolute atomic E-state index is 0.195. The van der Waals surface area contributed by atoms with Gasteiger partial charge in [-0.2, -0.15) is 5.10 Å². The van der Waals surface area contributed by atoms with Gasteiger partial charge in [-0.05, 0) is 45.4 Å². The first-order valence-electron chi connectivity index (χ1n) is 11.0. The summed E-state index contributed by atoms with van der Waals surface area (Å²) in [6, 6.07) is 14.4. The quantitative estimate of drug-likeness (QED) is 0.434. The zero-order valence-corrected chi connectivity index (χ0v) is 19.2. The molecule has 166 valence electrons. The first kappa shape index (κ1) is 20.8. The average molecular weight is 439 g/mol. The summed E-state index contributed by atoms with van der Waals surface area (Å²) in [5.41, 5.74) is 11.3. The molecule has 0 saturated heterocycles. The Morgan fingerprint density at radius 1 is 0.909 bits per heavy atom. The summed E-state index contributed by atoms with van der Waals surface area (Å²) in [6.07, 6.45) is 5.23. The van der Waals surface area contributed by atoms with Gasteiger partial charge < -0.3 is 10.3 Å². The maximum atomic E-state index is 5.65. The lowest BCUT2D eigenvalue weighted by atomic mass is 10.0. The molecule has 0 aliphatic heterocycles. The second kappa shape index (κ2) is 7.81. The Balaban J connectivity index is 1.72. The highest BCUT2D eigenvalue weighted by atomic mass is 15.3. The summed E-state index contributed by atoms with van der Waals surface area (Å²) in [4.78, 5) is 17.9. The van der Waals surface area contributed by atoms with Gasteiger partial charge in [0.2, 0.25) is 5.95 Å². The molecule has 2 N–H and O–H groups in total. The molecule has 3 heterocycles. The number of benzene rings is 2. The zero-order valence-electron chi connectivity index (χ0n) is 19.2. The molecule has 0 unspecified atom stereocenters. The Kier molecular flexibility index (Phi) is 4.92. The minimum Gasteiger partial charge on any atom is -0.368 e. The van der Waals surface area contributed by atoms with E-state index in [9.17, 15) is 0 Å². The number of nitrogens with zero attached hydrogens (tertiary/aromatic N) is 7. The van der Waals surface area contributed by atoms with Crippen LogP contribution in [-0.2, 0) is 12.1 Å². The summed E-state index contributed by atoms with van der Waals surface area (Å²) in [7, 11) is 0. The fourth-order valence-corrected chi connectivity index (χ4v) is 4.05. The van der Waals surface area contributed by atoms with Gasteiger partial charge in [-0.25, -0.2) is 19.9 Å². The van der Waals surface area contributed by atoms with Crippen molar-refractivity contribution in [3.8, 4) is 33.9 Å². The maximum absolute atomic E-state index is 5.65. The molecule has 2 aromatic carbocycles. The number of hydrogen-bond acceptors (Lipinski definition) is 6. The van der Waals surface area contributed by atoms with Gasteiger partial charge >= 0.3 is 0 Å². The third-order valence-corrected chi connectivity index (χ3v) is 5.60. The molecular formula is C25H26N8. The SMILES string of the molecule is CCn1cnc(-c2ccccc2-c2nc3cc(-c4cnc(N)nc4)ccc3n2C(C)(C)C)n1. The highest BCUT2D eigenvalue weighted by molar-refractivity contribution is 5.88. The number of hydrogen-bond donors (Lipinski definition) is 1. The van der Waals surface area contributed by atoms with E-state index in [0.717, 1.165) is 45.7 Å². The van der Waals surface area contributed by atoms with E-state index in [-0.39, 0.29) is 11.5 Å². The number of nitrogens with two attached hydrogens (primary N) is 1. The molecule has 0 aliphatic rings. The molecule has 3 aromatic heterocycles. The van der Waals surface area contributed by atoms with Crippen LogP contribution in [0.4, 0.5) is 5.95 Å². The van der Waals surface area contributed by atoms with Gasteiger partial charge in [0.25, 0.3) is 0 Å². The molecule has 0 amide bonds. The van der Waals surface area contributed by atoms with Crippen molar-refractivity contribution < 1.29 is 0 Å². The van der Waals surface area contributed by atoms with Gasteiger partial charge in [0.05, 0.1) is 11.0 Å². The highest BCUT2D eigenvalue weighted by Crippen LogP contribution is 2.36. The molecule has 0 fully saturated rings. The lowest BCUT2D eigenvalue weighted by molar-refractivity contribution is 0.413. The molecule has 0 bridgehead atoms. The van der Waals surface area contributed by atoms with E-state index in [4.69, 9.17) is 10.7 Å². The molecule has 0 aliphatic carbocycles. The van der Waals surface area contributed by atoms with Crippen molar-refractivity contribution in [2.24, 2.45) is 0 Å². The summed E-state index contributed by atoms with van der Waals surface area (Å²) >= 11 is 0. The fraction of sp³-hybridized carbons (Fsp3) is 0.240. The van der Waals surface area contributed by atoms with Crippen LogP contribution in [0.2, 0.25) is 0 Å². The third kappa shape index (κ3) is 3.73. The Hall–Kier alpha value is -4.07. The molecule has 0 spiro atoms. The normalized spacial score (nSPS) is 11.9. The van der Waals surface area contributed by atoms with E-state index in [1.807, 2.05) is 29.8 Å². The Morgan fingerprint density at radius 2 is 1.64 bits per heavy atom. The number of imidazole rings is 1. The van der Waals surface area contributed by atoms with Crippen molar-refractivity contribution in [3.05, 3.63) is 61.2 Å². The zero-order chi connectivity index (χ0) is 23.2. The molecule has 8 heteroatoms. The Bertz CT molecular complexity index is 1440. The first-order chi connectivity index (χ1) is 15.8. The topological polar surface area (TPSA) is 100 Å². The summed E-state index contributed by atoms with van der Waals surface area (Å²) in [5, 5.41) is 4.64. The van der Waals surface area contributed by atoms with Gasteiger partial charge in [0.1, 0.15) is 12.2 Å². The summed E-state index contributed by atoms with van der Waals surface area (Å²) in [6.45, 7) is 9.38. The van der Waals surface area contributed by atoms with Gasteiger partial charge in [-0.3, -0.25) is 4.68 Å². The minimum atomic E-state index is -0.195. The predicted molar refractivity (Wildman–Crippen MR) is 130 cm³/mol. The van der Waals surface area contributed by atoms with Crippen molar-refractivity contribution >= 4 is 17.0 Å². The largest absolute Gasteiger partial charge is 0.368 e. The van der Waals surface area contributed by atoms with Crippen LogP contribution in [-0.4, -0.2) is 34.3 Å². The summed E-state index contributed by atoms with van der Waals surface area (Å²) in [5.74, 6) is 1.83. The number of aromatic nitrogens is 7. The van der Waals surface area contributed by atoms with E-state index in [1.165, 1.54) is 0 Å². The number of nitrogen functional groups attached to an aromatic ring is 1. The fourth-order valence-electron chi connectivity index (χ4n) is 4.05. The highest BCUT2D eigenvalue weighted by Gasteiger charge is 2.25. The molecule has 0 radical (unpaired) electrons. The monoisotopic (exact) mass is 438 g/mol. The molecule has 33 heavy (non-hydrogen) atoms. The molecule has 8 nitrogen and oxygen atoms in total. The van der Waals surface area contributed by atoms with Crippen LogP contribution < -0.4 is 5.73 Å². The standard InChI is InChI=1S/C25H26N8/c1-5-32-15-29-22(31-32)18-8-6-7-9-19(18)23-30-20-12-16(17-13-27-24(26)28-14-17)10-11-21(20)33(23)25(2,3)4/h6-15H,5H2,1-4H3,(H2,26,27,28). The molecule has 5 aromatic rings. The van der Waals surface area contributed by atoms with E-state index in [1.54, 1.807) is 18.7 Å². The number of aryl methyl sites for hydroxylation is 1. The van der Waals surface area contributed by atoms with Crippen LogP contribution in [0, 0.1) is 0 Å². The second-order valence-corrected chi connectivity index (χ2v) is 8.94. The van der Waals surface area contributed by atoms with Crippen LogP contribution in [0.15, 0.2) is 61.2 Å². The lowest BCUT2D eigenvalue weighted by Crippen LogP contribution is -2.22. The molecular weight excluding hydrogens is 412 g/mol. The second-order valence-electron chi connectivity index (χ2n) is 8.94. The average Bonchev–Trinajstić information content (AvgIpc) is 3.43. The van der Waals surface area contributed by atoms with Crippen molar-refractivity contribution in [2.45, 2.75) is 39.8 Å². The number of rotatable bonds is 4. The van der Waals surface area contributed by atoms with E-state index in [2.05, 4.69) is 69.7 Å². The maximum Gasteiger partial charge on any atom is 0.219 e. The van der Waals surface area contributed by atoms with Gasteiger partial charge in [0, 0.05) is 41.2 Å². The molecule has 5 rings (SSSR count). The van der Waals surface area contributed by atoms with Crippen LogP contribution in [0.25, 0.3) is 44.9 Å². The van der Waals surface area contributed by atoms with E-state index < -0.39 is 0 Å². The van der Waals surface area contributed by atoms with Crippen molar-refractivity contribution in [1.29, 1.82) is 0 Å². The lowest BCUT2D eigenvalue weighted by Gasteiger charge is -2.25. The first-order valence-corrected chi connectivity index (χ1v) is 11.0. The molecule has 0 atom stereocenters. The van der Waals surface area contributed by atoms with Crippen LogP contribution in [0.3, 0.4) is 0 Å². The molecule has 0 saturated carbocycles. The van der Waals surface area contributed by atoms with E-state index in [0.29, 0.717) is 5.82 Å². The number of anilines is 1. The third-order valence-electron chi connectivity index (χ3n) is 5.60. The van der Waals surface area contributed by atoms with Gasteiger partial charge in [-0.15, -0.1) is 0 Å². The van der Waals surface area contributed by atoms with Crippen LogP contribution in [0.1, 0.15) is 27.7 Å². The number of fused-ring (bicyclic) bond motifs is 1. The summed E-state index contributed by atoms with van der Waals surface area (Å²) < 4.78 is 4.11. The van der Waals surface area contributed by atoms with Crippen LogP contribution >= 0.6 is 0 Å². The van der Waals surface area contributed by atoms with Crippen molar-refractivity contribution in [1.82, 2.24) is 34.3 Å². The van der Waals surface area contributed by atoms with Gasteiger partial charge in [0.15, 0.2) is 5.82 Å². The Morgan fingerprint density at radius 3 is 2.30 bits per heavy atom. The van der Waals surface area contributed by atoms with Crippen molar-refractivity contribution in [2.75, 3.05) is 5.73 Å². The van der Waals surface area contributed by atoms with Gasteiger partial charge in [-0.1, -0.05) is 30.3 Å². The van der Waals surface area contributed by atoms with E-state index >= 15 is 0 Å². The van der Waals surface area contributed by atoms with Crippen molar-refractivity contribution in [3.63, 3.8) is 0 Å².